The second-order valence-corrected chi connectivity index (χ2v) is 4.76. The number of nitrogens with zero attached hydrogens (tertiary/aromatic N) is 1. The van der Waals surface area contributed by atoms with Crippen LogP contribution in [0.2, 0.25) is 0 Å². The van der Waals surface area contributed by atoms with Gasteiger partial charge in [-0.2, -0.15) is 0 Å². The molecule has 0 fully saturated rings. The molecule has 0 aliphatic heterocycles. The van der Waals surface area contributed by atoms with E-state index in [4.69, 9.17) is 0 Å². The Morgan fingerprint density at radius 1 is 0.905 bits per heavy atom. The van der Waals surface area contributed by atoms with Crippen molar-refractivity contribution in [3.63, 3.8) is 0 Å². The van der Waals surface area contributed by atoms with Crippen LogP contribution in [0, 0.1) is 0 Å². The maximum atomic E-state index is 12.3. The highest BCUT2D eigenvalue weighted by Crippen LogP contribution is 2.10. The summed E-state index contributed by atoms with van der Waals surface area (Å²) in [6.45, 7) is 4.79. The van der Waals surface area contributed by atoms with Crippen molar-refractivity contribution < 1.29 is 4.79 Å². The van der Waals surface area contributed by atoms with Crippen LogP contribution in [0.1, 0.15) is 11.1 Å². The molecule has 0 heterocycles. The van der Waals surface area contributed by atoms with Crippen molar-refractivity contribution in [3.8, 4) is 0 Å². The van der Waals surface area contributed by atoms with E-state index in [-0.39, 0.29) is 5.91 Å². The lowest BCUT2D eigenvalue weighted by atomic mass is 10.1. The lowest BCUT2D eigenvalue weighted by Gasteiger charge is -2.21. The van der Waals surface area contributed by atoms with Gasteiger partial charge in [-0.25, -0.2) is 0 Å². The standard InChI is InChI=1S/C19H19NO/c1-2-3-14-19(21)20(15-17-10-6-4-7-11-17)16-18-12-8-5-9-13-18/h2-14H,1,15-16H2/b14-3-. The van der Waals surface area contributed by atoms with Crippen molar-refractivity contribution in [2.24, 2.45) is 0 Å². The Labute approximate surface area is 126 Å². The van der Waals surface area contributed by atoms with Gasteiger partial charge in [-0.3, -0.25) is 4.79 Å². The topological polar surface area (TPSA) is 20.3 Å². The van der Waals surface area contributed by atoms with Crippen LogP contribution in [-0.4, -0.2) is 10.8 Å². The molecule has 106 valence electrons. The van der Waals surface area contributed by atoms with Crippen molar-refractivity contribution in [1.82, 2.24) is 4.90 Å². The molecule has 2 aromatic rings. The first-order valence-electron chi connectivity index (χ1n) is 6.95. The highest BCUT2D eigenvalue weighted by atomic mass is 16.2. The summed E-state index contributed by atoms with van der Waals surface area (Å²) in [4.78, 5) is 14.1. The summed E-state index contributed by atoms with van der Waals surface area (Å²) < 4.78 is 0. The zero-order chi connectivity index (χ0) is 14.9. The zero-order valence-corrected chi connectivity index (χ0v) is 12.0. The molecule has 0 saturated heterocycles. The van der Waals surface area contributed by atoms with E-state index >= 15 is 0 Å². The Morgan fingerprint density at radius 3 is 1.81 bits per heavy atom. The Balaban J connectivity index is 2.15. The van der Waals surface area contributed by atoms with Crippen molar-refractivity contribution in [1.29, 1.82) is 0 Å². The molecular weight excluding hydrogens is 258 g/mol. The van der Waals surface area contributed by atoms with Gasteiger partial charge in [0.2, 0.25) is 5.91 Å². The average Bonchev–Trinajstić information content (AvgIpc) is 2.54. The molecule has 1 amide bonds. The van der Waals surface area contributed by atoms with Gasteiger partial charge in [0, 0.05) is 19.2 Å². The minimum atomic E-state index is -0.0115. The van der Waals surface area contributed by atoms with E-state index < -0.39 is 0 Å². The molecule has 2 rings (SSSR count). The molecule has 0 bridgehead atoms. The first-order valence-corrected chi connectivity index (χ1v) is 6.95. The fourth-order valence-corrected chi connectivity index (χ4v) is 2.08. The maximum Gasteiger partial charge on any atom is 0.247 e. The quantitative estimate of drug-likeness (QED) is 0.578. The van der Waals surface area contributed by atoms with Gasteiger partial charge in [0.25, 0.3) is 0 Å². The monoisotopic (exact) mass is 277 g/mol. The zero-order valence-electron chi connectivity index (χ0n) is 12.0. The first-order chi connectivity index (χ1) is 10.3. The van der Waals surface area contributed by atoms with Gasteiger partial charge < -0.3 is 4.90 Å². The van der Waals surface area contributed by atoms with E-state index in [9.17, 15) is 4.79 Å². The summed E-state index contributed by atoms with van der Waals surface area (Å²) in [5.41, 5.74) is 2.24. The molecule has 0 atom stereocenters. The summed E-state index contributed by atoms with van der Waals surface area (Å²) in [6, 6.07) is 20.0. The summed E-state index contributed by atoms with van der Waals surface area (Å²) in [5.74, 6) is -0.0115. The van der Waals surface area contributed by atoms with Gasteiger partial charge in [-0.15, -0.1) is 0 Å². The van der Waals surface area contributed by atoms with Crippen LogP contribution in [-0.2, 0) is 17.9 Å². The third kappa shape index (κ3) is 4.77. The molecule has 2 nitrogen and oxygen atoms in total. The van der Waals surface area contributed by atoms with Crippen LogP contribution in [0.5, 0.6) is 0 Å². The van der Waals surface area contributed by atoms with Gasteiger partial charge in [0.1, 0.15) is 0 Å². The summed E-state index contributed by atoms with van der Waals surface area (Å²) >= 11 is 0. The fraction of sp³-hybridized carbons (Fsp3) is 0.105. The average molecular weight is 277 g/mol. The smallest absolute Gasteiger partial charge is 0.247 e. The van der Waals surface area contributed by atoms with Gasteiger partial charge in [-0.05, 0) is 11.1 Å². The Bertz CT molecular complexity index is 560. The molecule has 2 heteroatoms. The van der Waals surface area contributed by atoms with Crippen LogP contribution < -0.4 is 0 Å². The Hall–Kier alpha value is -2.61. The highest BCUT2D eigenvalue weighted by Gasteiger charge is 2.11. The van der Waals surface area contributed by atoms with Gasteiger partial charge in [0.15, 0.2) is 0 Å². The normalized spacial score (nSPS) is 10.5. The summed E-state index contributed by atoms with van der Waals surface area (Å²) in [6.07, 6.45) is 4.84. The van der Waals surface area contributed by atoms with E-state index in [1.165, 1.54) is 0 Å². The lowest BCUT2D eigenvalue weighted by Crippen LogP contribution is -2.28. The number of rotatable bonds is 6. The van der Waals surface area contributed by atoms with Gasteiger partial charge in [-0.1, -0.05) is 79.4 Å². The van der Waals surface area contributed by atoms with Crippen molar-refractivity contribution in [2.45, 2.75) is 13.1 Å². The van der Waals surface area contributed by atoms with Gasteiger partial charge in [0.05, 0.1) is 0 Å². The van der Waals surface area contributed by atoms with E-state index in [1.807, 2.05) is 65.6 Å². The third-order valence-electron chi connectivity index (χ3n) is 3.12. The molecule has 0 aliphatic rings. The molecule has 0 aromatic heterocycles. The maximum absolute atomic E-state index is 12.3. The predicted molar refractivity (Wildman–Crippen MR) is 86.5 cm³/mol. The fourth-order valence-electron chi connectivity index (χ4n) is 2.08. The first kappa shape index (κ1) is 14.8. The van der Waals surface area contributed by atoms with E-state index in [2.05, 4.69) is 6.58 Å². The minimum absolute atomic E-state index is 0.0115. The predicted octanol–water partition coefficient (Wildman–Crippen LogP) is 3.96. The number of benzene rings is 2. The lowest BCUT2D eigenvalue weighted by molar-refractivity contribution is -0.127. The largest absolute Gasteiger partial charge is 0.331 e. The van der Waals surface area contributed by atoms with Crippen LogP contribution in [0.15, 0.2) is 85.5 Å². The van der Waals surface area contributed by atoms with E-state index in [0.717, 1.165) is 11.1 Å². The molecule has 0 aliphatic carbocycles. The number of hydrogen-bond donors (Lipinski definition) is 0. The molecule has 0 radical (unpaired) electrons. The summed E-state index contributed by atoms with van der Waals surface area (Å²) in [5, 5.41) is 0. The van der Waals surface area contributed by atoms with Crippen LogP contribution in [0.25, 0.3) is 0 Å². The van der Waals surface area contributed by atoms with Crippen molar-refractivity contribution >= 4 is 5.91 Å². The second-order valence-electron chi connectivity index (χ2n) is 4.76. The number of carbonyl (C=O) groups excluding carboxylic acids is 1. The Morgan fingerprint density at radius 2 is 1.38 bits per heavy atom. The van der Waals surface area contributed by atoms with E-state index in [1.54, 1.807) is 18.2 Å². The van der Waals surface area contributed by atoms with Crippen LogP contribution in [0.3, 0.4) is 0 Å². The molecule has 0 N–H and O–H groups in total. The second kappa shape index (κ2) is 7.85. The molecular formula is C19H19NO. The number of allylic oxidation sites excluding steroid dienone is 2. The number of amides is 1. The van der Waals surface area contributed by atoms with Crippen LogP contribution in [0.4, 0.5) is 0 Å². The number of hydrogen-bond acceptors (Lipinski definition) is 1. The molecule has 21 heavy (non-hydrogen) atoms. The Kier molecular flexibility index (Phi) is 5.53. The van der Waals surface area contributed by atoms with Crippen molar-refractivity contribution in [3.05, 3.63) is 96.6 Å². The van der Waals surface area contributed by atoms with Gasteiger partial charge >= 0.3 is 0 Å². The van der Waals surface area contributed by atoms with Crippen molar-refractivity contribution in [2.75, 3.05) is 0 Å². The third-order valence-corrected chi connectivity index (χ3v) is 3.12. The molecule has 0 unspecified atom stereocenters. The minimum Gasteiger partial charge on any atom is -0.331 e. The molecule has 0 saturated carbocycles. The highest BCUT2D eigenvalue weighted by molar-refractivity contribution is 5.87. The SMILES string of the molecule is C=C/C=C\C(=O)N(Cc1ccccc1)Cc1ccccc1. The molecule has 0 spiro atoms. The van der Waals surface area contributed by atoms with E-state index in [0.29, 0.717) is 13.1 Å². The summed E-state index contributed by atoms with van der Waals surface area (Å²) in [7, 11) is 0. The van der Waals surface area contributed by atoms with Crippen LogP contribution >= 0.6 is 0 Å². The number of carbonyl (C=O) groups is 1. The molecule has 2 aromatic carbocycles.